The number of hydrogen-bond acceptors (Lipinski definition) is 3. The van der Waals surface area contributed by atoms with Gasteiger partial charge in [-0.05, 0) is 12.1 Å². The number of nitro groups is 1. The maximum Gasteiger partial charge on any atom is 0.276 e. The number of alkyl halides is 1. The number of benzene rings is 1. The number of rotatable bonds is 6. The number of Topliss-reactive ketones (excluding diaryl/α,β-unsaturated/α-hetero) is 1. The molecule has 0 saturated heterocycles. The largest absolute Gasteiger partial charge is 0.295 e. The smallest absolute Gasteiger partial charge is 0.276 e. The molecule has 5 heteroatoms. The van der Waals surface area contributed by atoms with Gasteiger partial charge in [0.15, 0.2) is 5.78 Å². The number of carbonyl (C=O) groups is 1. The Kier molecular flexibility index (Phi) is 5.96. The van der Waals surface area contributed by atoms with Crippen LogP contribution in [-0.4, -0.2) is 16.6 Å². The normalized spacial score (nSPS) is 11.8. The molecule has 0 unspecified atom stereocenters. The van der Waals surface area contributed by atoms with Gasteiger partial charge in [-0.15, -0.1) is 11.6 Å². The Hall–Kier alpha value is -1.94. The summed E-state index contributed by atoms with van der Waals surface area (Å²) < 4.78 is 0. The van der Waals surface area contributed by atoms with Gasteiger partial charge in [-0.25, -0.2) is 0 Å². The van der Waals surface area contributed by atoms with E-state index in [0.29, 0.717) is 17.6 Å². The molecule has 0 aromatic heterocycles. The molecule has 100 valence electrons. The molecule has 1 aromatic carbocycles. The second-order valence-corrected chi connectivity index (χ2v) is 4.04. The van der Waals surface area contributed by atoms with Gasteiger partial charge < -0.3 is 0 Å². The highest BCUT2D eigenvalue weighted by Crippen LogP contribution is 2.19. The SMILES string of the molecule is CCC(=O)/C(=C/C=C/c1ccccc1[N+](=O)[O-])CCl. The number of para-hydroxylation sites is 1. The molecule has 0 N–H and O–H groups in total. The summed E-state index contributed by atoms with van der Waals surface area (Å²) >= 11 is 5.67. The number of allylic oxidation sites excluding steroid dienone is 3. The fourth-order valence-electron chi connectivity index (χ4n) is 1.50. The first-order valence-corrected chi connectivity index (χ1v) is 6.33. The van der Waals surface area contributed by atoms with Crippen molar-refractivity contribution in [1.29, 1.82) is 0 Å². The summed E-state index contributed by atoms with van der Waals surface area (Å²) in [5.74, 6) is 0.107. The van der Waals surface area contributed by atoms with Crippen molar-refractivity contribution in [2.24, 2.45) is 0 Å². The first-order valence-electron chi connectivity index (χ1n) is 5.80. The van der Waals surface area contributed by atoms with E-state index >= 15 is 0 Å². The van der Waals surface area contributed by atoms with Crippen LogP contribution in [0, 0.1) is 10.1 Å². The number of ketones is 1. The average Bonchev–Trinajstić information content (AvgIpc) is 2.43. The third-order valence-electron chi connectivity index (χ3n) is 2.53. The van der Waals surface area contributed by atoms with Crippen LogP contribution >= 0.6 is 11.6 Å². The number of carbonyl (C=O) groups excluding carboxylic acids is 1. The van der Waals surface area contributed by atoms with Crippen LogP contribution in [0.5, 0.6) is 0 Å². The molecule has 4 nitrogen and oxygen atoms in total. The van der Waals surface area contributed by atoms with Gasteiger partial charge in [-0.3, -0.25) is 14.9 Å². The molecular weight excluding hydrogens is 266 g/mol. The molecular formula is C14H14ClNO3. The summed E-state index contributed by atoms with van der Waals surface area (Å²) in [5.41, 5.74) is 1.02. The zero-order valence-corrected chi connectivity index (χ0v) is 11.3. The summed E-state index contributed by atoms with van der Waals surface area (Å²) in [6, 6.07) is 6.40. The van der Waals surface area contributed by atoms with E-state index in [4.69, 9.17) is 11.6 Å². The fraction of sp³-hybridized carbons (Fsp3) is 0.214. The third-order valence-corrected chi connectivity index (χ3v) is 2.82. The van der Waals surface area contributed by atoms with E-state index in [-0.39, 0.29) is 17.4 Å². The first kappa shape index (κ1) is 15.1. The Morgan fingerprint density at radius 3 is 2.68 bits per heavy atom. The Morgan fingerprint density at radius 1 is 1.42 bits per heavy atom. The lowest BCUT2D eigenvalue weighted by Crippen LogP contribution is -2.01. The van der Waals surface area contributed by atoms with Crippen LogP contribution in [0.25, 0.3) is 6.08 Å². The predicted molar refractivity (Wildman–Crippen MR) is 76.2 cm³/mol. The molecule has 0 aliphatic rings. The van der Waals surface area contributed by atoms with Gasteiger partial charge in [0.2, 0.25) is 0 Å². The second kappa shape index (κ2) is 7.48. The zero-order valence-electron chi connectivity index (χ0n) is 10.5. The molecule has 0 saturated carbocycles. The van der Waals surface area contributed by atoms with Gasteiger partial charge in [0.1, 0.15) is 0 Å². The van der Waals surface area contributed by atoms with Crippen LogP contribution in [0.1, 0.15) is 18.9 Å². The minimum atomic E-state index is -0.441. The van der Waals surface area contributed by atoms with E-state index in [1.807, 2.05) is 0 Å². The predicted octanol–water partition coefficient (Wildman–Crippen LogP) is 3.75. The van der Waals surface area contributed by atoms with Crippen molar-refractivity contribution >= 4 is 29.1 Å². The van der Waals surface area contributed by atoms with Gasteiger partial charge in [0.25, 0.3) is 5.69 Å². The van der Waals surface area contributed by atoms with Crippen molar-refractivity contribution in [3.05, 3.63) is 57.7 Å². The van der Waals surface area contributed by atoms with Crippen molar-refractivity contribution in [3.63, 3.8) is 0 Å². The summed E-state index contributed by atoms with van der Waals surface area (Å²) in [5, 5.41) is 10.8. The summed E-state index contributed by atoms with van der Waals surface area (Å²) in [7, 11) is 0. The van der Waals surface area contributed by atoms with E-state index in [0.717, 1.165) is 0 Å². The summed E-state index contributed by atoms with van der Waals surface area (Å²) in [4.78, 5) is 21.8. The molecule has 0 spiro atoms. The lowest BCUT2D eigenvalue weighted by Gasteiger charge is -1.98. The molecule has 0 atom stereocenters. The molecule has 0 aliphatic heterocycles. The van der Waals surface area contributed by atoms with Crippen LogP contribution in [-0.2, 0) is 4.79 Å². The van der Waals surface area contributed by atoms with Crippen LogP contribution in [0.3, 0.4) is 0 Å². The fourth-order valence-corrected chi connectivity index (χ4v) is 1.74. The van der Waals surface area contributed by atoms with Gasteiger partial charge in [0, 0.05) is 18.1 Å². The van der Waals surface area contributed by atoms with Crippen molar-refractivity contribution < 1.29 is 9.72 Å². The lowest BCUT2D eigenvalue weighted by molar-refractivity contribution is -0.385. The second-order valence-electron chi connectivity index (χ2n) is 3.78. The number of nitro benzene ring substituents is 1. The quantitative estimate of drug-likeness (QED) is 0.262. The van der Waals surface area contributed by atoms with Crippen molar-refractivity contribution in [3.8, 4) is 0 Å². The first-order chi connectivity index (χ1) is 9.10. The van der Waals surface area contributed by atoms with Crippen molar-refractivity contribution in [2.45, 2.75) is 13.3 Å². The van der Waals surface area contributed by atoms with E-state index in [1.165, 1.54) is 6.07 Å². The highest BCUT2D eigenvalue weighted by Gasteiger charge is 2.09. The summed E-state index contributed by atoms with van der Waals surface area (Å²) in [6.45, 7) is 1.76. The number of hydrogen-bond donors (Lipinski definition) is 0. The molecule has 19 heavy (non-hydrogen) atoms. The average molecular weight is 280 g/mol. The minimum absolute atomic E-state index is 0.0257. The standard InChI is InChI=1S/C14H14ClNO3/c1-2-14(17)12(10-15)8-5-7-11-6-3-4-9-13(11)16(18)19/h3-9H,2,10H2,1H3/b7-5+,12-8+. The summed E-state index contributed by atoms with van der Waals surface area (Å²) in [6.07, 6.45) is 5.18. The Labute approximate surface area is 116 Å². The Bertz CT molecular complexity index is 535. The van der Waals surface area contributed by atoms with Gasteiger partial charge in [-0.2, -0.15) is 0 Å². The molecule has 0 heterocycles. The topological polar surface area (TPSA) is 60.2 Å². The van der Waals surface area contributed by atoms with Crippen LogP contribution < -0.4 is 0 Å². The Morgan fingerprint density at radius 2 is 2.11 bits per heavy atom. The van der Waals surface area contributed by atoms with E-state index in [2.05, 4.69) is 0 Å². The zero-order chi connectivity index (χ0) is 14.3. The van der Waals surface area contributed by atoms with E-state index < -0.39 is 4.92 Å². The highest BCUT2D eigenvalue weighted by molar-refractivity contribution is 6.22. The molecule has 0 radical (unpaired) electrons. The molecule has 0 fully saturated rings. The van der Waals surface area contributed by atoms with Crippen molar-refractivity contribution in [2.75, 3.05) is 5.88 Å². The van der Waals surface area contributed by atoms with Crippen molar-refractivity contribution in [1.82, 2.24) is 0 Å². The molecule has 1 aromatic rings. The monoisotopic (exact) mass is 279 g/mol. The lowest BCUT2D eigenvalue weighted by atomic mass is 10.1. The van der Waals surface area contributed by atoms with Crippen LogP contribution in [0.2, 0.25) is 0 Å². The van der Waals surface area contributed by atoms with Crippen LogP contribution in [0.4, 0.5) is 5.69 Å². The van der Waals surface area contributed by atoms with Gasteiger partial charge >= 0.3 is 0 Å². The molecule has 0 amide bonds. The third kappa shape index (κ3) is 4.34. The number of nitrogens with zero attached hydrogens (tertiary/aromatic N) is 1. The van der Waals surface area contributed by atoms with Gasteiger partial charge in [0.05, 0.1) is 16.4 Å². The van der Waals surface area contributed by atoms with E-state index in [1.54, 1.807) is 43.4 Å². The highest BCUT2D eigenvalue weighted by atomic mass is 35.5. The number of halogens is 1. The minimum Gasteiger partial charge on any atom is -0.295 e. The van der Waals surface area contributed by atoms with Gasteiger partial charge in [-0.1, -0.05) is 31.2 Å². The molecule has 0 aliphatic carbocycles. The maximum atomic E-state index is 11.5. The van der Waals surface area contributed by atoms with Crippen LogP contribution in [0.15, 0.2) is 42.0 Å². The molecule has 1 rings (SSSR count). The molecule has 0 bridgehead atoms. The van der Waals surface area contributed by atoms with E-state index in [9.17, 15) is 14.9 Å². The maximum absolute atomic E-state index is 11.5. The Balaban J connectivity index is 2.96.